The van der Waals surface area contributed by atoms with E-state index in [-0.39, 0.29) is 65.2 Å². The summed E-state index contributed by atoms with van der Waals surface area (Å²) in [6.07, 6.45) is 17.2. The van der Waals surface area contributed by atoms with Crippen LogP contribution in [-0.4, -0.2) is 28.7 Å². The van der Waals surface area contributed by atoms with Gasteiger partial charge in [-0.25, -0.2) is 0 Å². The van der Waals surface area contributed by atoms with Gasteiger partial charge in [-0.05, 0) is 97.7 Å². The number of rotatable bonds is 5. The number of aliphatic hydroxyl groups excluding tert-OH is 1. The number of allylic oxidation sites excluding steroid dienone is 1. The number of hydrogen-bond acceptors (Lipinski definition) is 5. The van der Waals surface area contributed by atoms with Crippen molar-refractivity contribution in [2.24, 2.45) is 46.3 Å². The molecule has 1 N–H and O–H groups in total. The van der Waals surface area contributed by atoms with Gasteiger partial charge in [0.1, 0.15) is 0 Å². The van der Waals surface area contributed by atoms with E-state index in [1.807, 2.05) is 0 Å². The fourth-order valence-electron chi connectivity index (χ4n) is 8.67. The van der Waals surface area contributed by atoms with E-state index in [9.17, 15) is 5.11 Å². The summed E-state index contributed by atoms with van der Waals surface area (Å²) in [5, 5.41) is 10.2. The summed E-state index contributed by atoms with van der Waals surface area (Å²) in [7, 11) is -5.17. The van der Waals surface area contributed by atoms with Crippen molar-refractivity contribution in [3.05, 3.63) is 11.6 Å². The van der Waals surface area contributed by atoms with Crippen LogP contribution >= 0.6 is 0 Å². The molecule has 5 nitrogen and oxygen atoms in total. The quantitative estimate of drug-likeness (QED) is 0.235. The Kier molecular flexibility index (Phi) is 13.6. The van der Waals surface area contributed by atoms with Gasteiger partial charge in [0.2, 0.25) is 0 Å². The van der Waals surface area contributed by atoms with Gasteiger partial charge in [0.05, 0.1) is 6.10 Å². The molecular weight excluding hydrogens is 482 g/mol. The summed E-state index contributed by atoms with van der Waals surface area (Å²) in [5.74, 6) is 5.46. The van der Waals surface area contributed by atoms with E-state index < -0.39 is 10.4 Å². The first kappa shape index (κ1) is 34.6. The molecule has 3 fully saturated rings. The minimum absolute atomic E-state index is 0. The van der Waals surface area contributed by atoms with Crippen molar-refractivity contribution in [1.29, 1.82) is 0 Å². The molecule has 1 unspecified atom stereocenters. The summed E-state index contributed by atoms with van der Waals surface area (Å²) >= 11 is 0. The van der Waals surface area contributed by atoms with Gasteiger partial charge in [-0.1, -0.05) is 65.5 Å². The van der Waals surface area contributed by atoms with Crippen LogP contribution < -0.4 is 59.1 Å². The summed E-state index contributed by atoms with van der Waals surface area (Å²) in [4.78, 5) is 0. The molecule has 0 aromatic carbocycles. The summed E-state index contributed by atoms with van der Waals surface area (Å²) in [6.45, 7) is 12.6. The molecule has 0 heterocycles. The maximum absolute atomic E-state index is 10.2. The first-order chi connectivity index (χ1) is 15.3. The zero-order valence-corrected chi connectivity index (χ0v) is 28.2. The van der Waals surface area contributed by atoms with Crippen molar-refractivity contribution in [3.8, 4) is 0 Å². The SMILES string of the molecule is CC(C)CCCC(C)[C@H]1CC[C@H]2[C@@H]3CC=C4C[C@@H](O)CC[C@]4(C)[C@H]3CC[C@]12C.O=S(=O)([O-])[O-].[Na+].[Na+]. The fourth-order valence-corrected chi connectivity index (χ4v) is 8.67. The first-order valence-electron chi connectivity index (χ1n) is 13.3. The van der Waals surface area contributed by atoms with Crippen LogP contribution in [0.25, 0.3) is 0 Å². The van der Waals surface area contributed by atoms with Crippen molar-refractivity contribution in [2.75, 3.05) is 0 Å². The van der Waals surface area contributed by atoms with Crippen molar-refractivity contribution >= 4 is 10.4 Å². The Bertz CT molecular complexity index is 808. The Morgan fingerprint density at radius 1 is 1.00 bits per heavy atom. The molecule has 8 heteroatoms. The molecule has 3 saturated carbocycles. The van der Waals surface area contributed by atoms with Gasteiger partial charge < -0.3 is 14.2 Å². The molecule has 0 aliphatic heterocycles. The van der Waals surface area contributed by atoms with Crippen LogP contribution in [0.2, 0.25) is 0 Å². The van der Waals surface area contributed by atoms with Crippen molar-refractivity contribution in [2.45, 2.75) is 111 Å². The third-order valence-electron chi connectivity index (χ3n) is 10.3. The van der Waals surface area contributed by atoms with Crippen LogP contribution in [0.5, 0.6) is 0 Å². The van der Waals surface area contributed by atoms with Crippen LogP contribution in [0, 0.1) is 46.3 Å². The van der Waals surface area contributed by atoms with E-state index >= 15 is 0 Å². The molecule has 0 spiro atoms. The van der Waals surface area contributed by atoms with E-state index in [2.05, 4.69) is 40.7 Å². The predicted octanol–water partition coefficient (Wildman–Crippen LogP) is 0.0587. The first-order valence-corrected chi connectivity index (χ1v) is 14.6. The Balaban J connectivity index is 0.000000798. The number of aliphatic hydroxyl groups is 1. The minimum Gasteiger partial charge on any atom is -0.759 e. The van der Waals surface area contributed by atoms with Gasteiger partial charge in [0, 0.05) is 10.4 Å². The van der Waals surface area contributed by atoms with Crippen molar-refractivity contribution in [3.63, 3.8) is 0 Å². The molecule has 4 rings (SSSR count). The second-order valence-electron chi connectivity index (χ2n) is 12.6. The van der Waals surface area contributed by atoms with E-state index in [0.29, 0.717) is 10.8 Å². The van der Waals surface area contributed by atoms with E-state index in [4.69, 9.17) is 17.5 Å². The number of hydrogen-bond donors (Lipinski definition) is 1. The molecule has 0 radical (unpaired) electrons. The Morgan fingerprint density at radius 3 is 2.23 bits per heavy atom. The van der Waals surface area contributed by atoms with Crippen LogP contribution in [0.1, 0.15) is 105 Å². The summed E-state index contributed by atoms with van der Waals surface area (Å²) in [6, 6.07) is 0. The second-order valence-corrected chi connectivity index (χ2v) is 13.4. The van der Waals surface area contributed by atoms with Crippen molar-refractivity contribution in [1.82, 2.24) is 0 Å². The minimum atomic E-state index is -5.17. The fraction of sp³-hybridized carbons (Fsp3) is 0.926. The van der Waals surface area contributed by atoms with Gasteiger partial charge >= 0.3 is 59.1 Å². The van der Waals surface area contributed by atoms with E-state index in [1.54, 1.807) is 5.57 Å². The Morgan fingerprint density at radius 2 is 1.63 bits per heavy atom. The molecule has 0 aromatic heterocycles. The van der Waals surface area contributed by atoms with Crippen LogP contribution in [-0.2, 0) is 10.4 Å². The Labute approximate surface area is 259 Å². The van der Waals surface area contributed by atoms with E-state index in [0.717, 1.165) is 48.3 Å². The largest absolute Gasteiger partial charge is 1.00 e. The van der Waals surface area contributed by atoms with Gasteiger partial charge in [-0.15, -0.1) is 0 Å². The predicted molar refractivity (Wildman–Crippen MR) is 130 cm³/mol. The van der Waals surface area contributed by atoms with Crippen LogP contribution in [0.3, 0.4) is 0 Å². The Hall–Kier alpha value is 1.57. The summed E-state index contributed by atoms with van der Waals surface area (Å²) < 4.78 is 34.1. The molecule has 4 aliphatic carbocycles. The van der Waals surface area contributed by atoms with Gasteiger partial charge in [-0.2, -0.15) is 0 Å². The zero-order valence-electron chi connectivity index (χ0n) is 23.4. The third kappa shape index (κ3) is 8.28. The van der Waals surface area contributed by atoms with Gasteiger partial charge in [0.15, 0.2) is 0 Å². The number of fused-ring (bicyclic) bond motifs is 5. The van der Waals surface area contributed by atoms with Crippen molar-refractivity contribution < 1.29 is 81.7 Å². The third-order valence-corrected chi connectivity index (χ3v) is 10.3. The molecule has 0 aromatic rings. The summed E-state index contributed by atoms with van der Waals surface area (Å²) in [5.41, 5.74) is 2.60. The van der Waals surface area contributed by atoms with Gasteiger partial charge in [-0.3, -0.25) is 8.42 Å². The molecule has 4 aliphatic rings. The maximum Gasteiger partial charge on any atom is 1.00 e. The average Bonchev–Trinajstić information content (AvgIpc) is 3.04. The van der Waals surface area contributed by atoms with Crippen LogP contribution in [0.15, 0.2) is 11.6 Å². The average molecular weight is 529 g/mol. The van der Waals surface area contributed by atoms with E-state index in [1.165, 1.54) is 57.8 Å². The standard InChI is InChI=1S/C27H46O.2Na.H2O4S/c1-18(2)7-6-8-19(3)23-11-12-24-22-10-9-20-17-21(28)13-15-26(20,4)25(22)14-16-27(23,24)5;;;1-5(2,3)4/h9,18-19,21-25,28H,6-8,10-17H2,1-5H3;;;(H2,1,2,3,4)/q;2*+1;/p-2/t19?,21-,22-,23+,24-,25-,26-,27+;;;/m0.../s1. The molecule has 0 bridgehead atoms. The molecule has 35 heavy (non-hydrogen) atoms. The normalized spacial score (nSPS) is 38.9. The second kappa shape index (κ2) is 13.8. The topological polar surface area (TPSA) is 100 Å². The molecule has 192 valence electrons. The molecule has 0 amide bonds. The van der Waals surface area contributed by atoms with Crippen LogP contribution in [0.4, 0.5) is 0 Å². The van der Waals surface area contributed by atoms with Gasteiger partial charge in [0.25, 0.3) is 0 Å². The monoisotopic (exact) mass is 528 g/mol. The maximum atomic E-state index is 10.2. The smallest absolute Gasteiger partial charge is 0.759 e. The molecule has 0 saturated heterocycles. The molecule has 8 atom stereocenters. The molecular formula is C27H46Na2O5S. The zero-order chi connectivity index (χ0) is 24.6.